The van der Waals surface area contributed by atoms with E-state index in [1.807, 2.05) is 0 Å². The molecule has 2 N–H and O–H groups in total. The normalized spacial score (nSPS) is 26.3. The zero-order chi connectivity index (χ0) is 12.2. The minimum atomic E-state index is -0.879. The highest BCUT2D eigenvalue weighted by molar-refractivity contribution is 5.78. The second kappa shape index (κ2) is 5.61. The Hall–Kier alpha value is -0.650. The van der Waals surface area contributed by atoms with Crippen molar-refractivity contribution in [3.63, 3.8) is 0 Å². The minimum absolute atomic E-state index is 0.239. The van der Waals surface area contributed by atoms with Gasteiger partial charge in [-0.25, -0.2) is 0 Å². The number of carboxylic acid groups (broad SMARTS) is 1. The number of piperidine rings is 1. The van der Waals surface area contributed by atoms with Crippen LogP contribution in [0.3, 0.4) is 0 Å². The van der Waals surface area contributed by atoms with E-state index in [4.69, 9.17) is 9.84 Å². The van der Waals surface area contributed by atoms with Crippen LogP contribution in [0, 0.1) is 0 Å². The maximum atomic E-state index is 11.2. The SMILES string of the molecule is CNC(C)(CN1CCCC(OC)C1)C(=O)O. The maximum Gasteiger partial charge on any atom is 0.324 e. The molecule has 1 aliphatic heterocycles. The van der Waals surface area contributed by atoms with Crippen LogP contribution in [0.25, 0.3) is 0 Å². The number of nitrogens with zero attached hydrogens (tertiary/aromatic N) is 1. The summed E-state index contributed by atoms with van der Waals surface area (Å²) >= 11 is 0. The molecule has 0 amide bonds. The number of rotatable bonds is 5. The molecular weight excluding hydrogens is 208 g/mol. The summed E-state index contributed by atoms with van der Waals surface area (Å²) in [5.41, 5.74) is -0.879. The predicted molar refractivity (Wildman–Crippen MR) is 61.6 cm³/mol. The molecule has 0 spiro atoms. The summed E-state index contributed by atoms with van der Waals surface area (Å²) in [7, 11) is 3.40. The Morgan fingerprint density at radius 1 is 1.69 bits per heavy atom. The molecule has 16 heavy (non-hydrogen) atoms. The fourth-order valence-electron chi connectivity index (χ4n) is 2.05. The minimum Gasteiger partial charge on any atom is -0.480 e. The summed E-state index contributed by atoms with van der Waals surface area (Å²) in [6.07, 6.45) is 2.37. The van der Waals surface area contributed by atoms with Gasteiger partial charge in [-0.15, -0.1) is 0 Å². The summed E-state index contributed by atoms with van der Waals surface area (Å²) in [4.78, 5) is 13.3. The molecule has 0 aromatic carbocycles. The standard InChI is InChI=1S/C11H22N2O3/c1-11(12-2,10(14)15)8-13-6-4-5-9(7-13)16-3/h9,12H,4-8H2,1-3H3,(H,14,15). The molecule has 0 aromatic heterocycles. The molecule has 0 aromatic rings. The van der Waals surface area contributed by atoms with Gasteiger partial charge in [0, 0.05) is 20.2 Å². The predicted octanol–water partition coefficient (Wildman–Crippen LogP) is 0.160. The average molecular weight is 230 g/mol. The van der Waals surface area contributed by atoms with Crippen LogP contribution in [0.2, 0.25) is 0 Å². The monoisotopic (exact) mass is 230 g/mol. The quantitative estimate of drug-likeness (QED) is 0.704. The number of carboxylic acids is 1. The van der Waals surface area contributed by atoms with Crippen LogP contribution in [0.15, 0.2) is 0 Å². The second-order valence-electron chi connectivity index (χ2n) is 4.62. The molecular formula is C11H22N2O3. The van der Waals surface area contributed by atoms with Gasteiger partial charge in [0.25, 0.3) is 0 Å². The average Bonchev–Trinajstić information content (AvgIpc) is 2.29. The lowest BCUT2D eigenvalue weighted by molar-refractivity contribution is -0.145. The molecule has 94 valence electrons. The van der Waals surface area contributed by atoms with Crippen molar-refractivity contribution in [1.82, 2.24) is 10.2 Å². The lowest BCUT2D eigenvalue weighted by Gasteiger charge is -2.37. The van der Waals surface area contributed by atoms with E-state index in [1.165, 1.54) is 0 Å². The lowest BCUT2D eigenvalue weighted by Crippen LogP contribution is -2.57. The zero-order valence-corrected chi connectivity index (χ0v) is 10.3. The first-order valence-corrected chi connectivity index (χ1v) is 5.69. The third kappa shape index (κ3) is 3.17. The van der Waals surface area contributed by atoms with Crippen molar-refractivity contribution >= 4 is 5.97 Å². The zero-order valence-electron chi connectivity index (χ0n) is 10.3. The molecule has 0 aliphatic carbocycles. The van der Waals surface area contributed by atoms with Gasteiger partial charge in [-0.1, -0.05) is 0 Å². The van der Waals surface area contributed by atoms with Crippen molar-refractivity contribution in [2.24, 2.45) is 0 Å². The summed E-state index contributed by atoms with van der Waals surface area (Å²) in [6, 6.07) is 0. The largest absolute Gasteiger partial charge is 0.480 e. The molecule has 5 nitrogen and oxygen atoms in total. The van der Waals surface area contributed by atoms with Crippen LogP contribution in [0.5, 0.6) is 0 Å². The Balaban J connectivity index is 2.55. The number of likely N-dealkylation sites (N-methyl/N-ethyl adjacent to an activating group) is 1. The highest BCUT2D eigenvalue weighted by Crippen LogP contribution is 2.15. The van der Waals surface area contributed by atoms with Crippen molar-refractivity contribution < 1.29 is 14.6 Å². The summed E-state index contributed by atoms with van der Waals surface area (Å²) in [5.74, 6) is -0.811. The van der Waals surface area contributed by atoms with E-state index in [1.54, 1.807) is 21.1 Å². The number of likely N-dealkylation sites (tertiary alicyclic amines) is 1. The number of hydrogen-bond acceptors (Lipinski definition) is 4. The number of hydrogen-bond donors (Lipinski definition) is 2. The molecule has 2 unspecified atom stereocenters. The fraction of sp³-hybridized carbons (Fsp3) is 0.909. The number of aliphatic carboxylic acids is 1. The molecule has 0 saturated carbocycles. The topological polar surface area (TPSA) is 61.8 Å². The molecule has 0 bridgehead atoms. The first kappa shape index (κ1) is 13.4. The number of carbonyl (C=O) groups is 1. The van der Waals surface area contributed by atoms with E-state index in [0.717, 1.165) is 25.9 Å². The molecule has 1 heterocycles. The van der Waals surface area contributed by atoms with E-state index in [2.05, 4.69) is 10.2 Å². The van der Waals surface area contributed by atoms with Gasteiger partial charge in [0.1, 0.15) is 5.54 Å². The Morgan fingerprint density at radius 2 is 2.38 bits per heavy atom. The van der Waals surface area contributed by atoms with Crippen LogP contribution in [0.4, 0.5) is 0 Å². The van der Waals surface area contributed by atoms with Gasteiger partial charge in [-0.3, -0.25) is 9.69 Å². The van der Waals surface area contributed by atoms with Crippen molar-refractivity contribution in [3.05, 3.63) is 0 Å². The van der Waals surface area contributed by atoms with E-state index in [-0.39, 0.29) is 6.10 Å². The van der Waals surface area contributed by atoms with E-state index < -0.39 is 11.5 Å². The highest BCUT2D eigenvalue weighted by atomic mass is 16.5. The lowest BCUT2D eigenvalue weighted by atomic mass is 9.99. The van der Waals surface area contributed by atoms with Gasteiger partial charge in [0.15, 0.2) is 0 Å². The first-order valence-electron chi connectivity index (χ1n) is 5.69. The Labute approximate surface area is 96.8 Å². The third-order valence-electron chi connectivity index (χ3n) is 3.36. The van der Waals surface area contributed by atoms with Crippen LogP contribution in [-0.2, 0) is 9.53 Å². The van der Waals surface area contributed by atoms with Gasteiger partial charge in [0.05, 0.1) is 6.10 Å². The summed E-state index contributed by atoms with van der Waals surface area (Å²) < 4.78 is 5.32. The van der Waals surface area contributed by atoms with Crippen molar-refractivity contribution in [2.45, 2.75) is 31.4 Å². The second-order valence-corrected chi connectivity index (χ2v) is 4.62. The van der Waals surface area contributed by atoms with E-state index >= 15 is 0 Å². The Bertz CT molecular complexity index is 247. The number of ether oxygens (including phenoxy) is 1. The maximum absolute atomic E-state index is 11.2. The van der Waals surface area contributed by atoms with Gasteiger partial charge in [-0.2, -0.15) is 0 Å². The number of methoxy groups -OCH3 is 1. The van der Waals surface area contributed by atoms with Gasteiger partial charge >= 0.3 is 5.97 Å². The Morgan fingerprint density at radius 3 is 2.88 bits per heavy atom. The number of nitrogens with one attached hydrogen (secondary N) is 1. The molecule has 1 saturated heterocycles. The molecule has 1 rings (SSSR count). The summed E-state index contributed by atoms with van der Waals surface area (Å²) in [5, 5.41) is 12.0. The van der Waals surface area contributed by atoms with Crippen molar-refractivity contribution in [2.75, 3.05) is 33.8 Å². The smallest absolute Gasteiger partial charge is 0.324 e. The molecule has 1 fully saturated rings. The van der Waals surface area contributed by atoms with Gasteiger partial charge < -0.3 is 15.2 Å². The van der Waals surface area contributed by atoms with E-state index in [9.17, 15) is 4.79 Å². The molecule has 5 heteroatoms. The van der Waals surface area contributed by atoms with Crippen molar-refractivity contribution in [1.29, 1.82) is 0 Å². The third-order valence-corrected chi connectivity index (χ3v) is 3.36. The van der Waals surface area contributed by atoms with Crippen molar-refractivity contribution in [3.8, 4) is 0 Å². The molecule has 0 radical (unpaired) electrons. The fourth-order valence-corrected chi connectivity index (χ4v) is 2.05. The molecule has 1 aliphatic rings. The van der Waals surface area contributed by atoms with Crippen LogP contribution in [-0.4, -0.2) is 61.4 Å². The van der Waals surface area contributed by atoms with Crippen LogP contribution in [0.1, 0.15) is 19.8 Å². The first-order chi connectivity index (χ1) is 7.51. The van der Waals surface area contributed by atoms with Gasteiger partial charge in [0.2, 0.25) is 0 Å². The Kier molecular flexibility index (Phi) is 4.70. The molecule has 2 atom stereocenters. The van der Waals surface area contributed by atoms with Crippen LogP contribution >= 0.6 is 0 Å². The van der Waals surface area contributed by atoms with Crippen LogP contribution < -0.4 is 5.32 Å². The van der Waals surface area contributed by atoms with E-state index in [0.29, 0.717) is 6.54 Å². The summed E-state index contributed by atoms with van der Waals surface area (Å²) in [6.45, 7) is 4.00. The highest BCUT2D eigenvalue weighted by Gasteiger charge is 2.34. The van der Waals surface area contributed by atoms with Gasteiger partial charge in [-0.05, 0) is 33.4 Å².